The van der Waals surface area contributed by atoms with Crippen molar-refractivity contribution in [3.8, 4) is 0 Å². The van der Waals surface area contributed by atoms with Crippen molar-refractivity contribution in [1.82, 2.24) is 5.32 Å². The van der Waals surface area contributed by atoms with Crippen LogP contribution in [0.15, 0.2) is 4.99 Å². The Bertz CT molecular complexity index is 96.6. The molecule has 0 aliphatic carbocycles. The van der Waals surface area contributed by atoms with Gasteiger partial charge in [0.25, 0.3) is 0 Å². The Hall–Kier alpha value is -0.370. The molecule has 1 saturated heterocycles. The normalized spacial score (nSPS) is 45.7. The van der Waals surface area contributed by atoms with Gasteiger partial charge in [-0.25, -0.2) is 0 Å². The van der Waals surface area contributed by atoms with Crippen LogP contribution in [-0.4, -0.2) is 24.8 Å². The van der Waals surface area contributed by atoms with Crippen molar-refractivity contribution >= 4 is 6.21 Å². The maximum Gasteiger partial charge on any atom is 0.0639 e. The quantitative estimate of drug-likeness (QED) is 0.444. The minimum atomic E-state index is 0.630. The average molecular weight is 96.1 g/mol. The van der Waals surface area contributed by atoms with Gasteiger partial charge in [-0.05, 0) is 6.42 Å². The molecule has 7 heavy (non-hydrogen) atoms. The Morgan fingerprint density at radius 2 is 2.71 bits per heavy atom. The van der Waals surface area contributed by atoms with Gasteiger partial charge in [0.1, 0.15) is 0 Å². The average Bonchev–Trinajstić information content (AvgIpc) is 2.22. The van der Waals surface area contributed by atoms with Crippen LogP contribution in [0.5, 0.6) is 0 Å². The van der Waals surface area contributed by atoms with Gasteiger partial charge in [0.05, 0.1) is 6.04 Å². The molecular weight excluding hydrogens is 88.1 g/mol. The number of aliphatic imine (C=N–C) groups is 1. The summed E-state index contributed by atoms with van der Waals surface area (Å²) in [6.07, 6.45) is 3.27. The van der Waals surface area contributed by atoms with E-state index >= 15 is 0 Å². The number of hydrogen-bond acceptors (Lipinski definition) is 2. The van der Waals surface area contributed by atoms with Crippen molar-refractivity contribution in [2.24, 2.45) is 4.99 Å². The molecule has 0 amide bonds. The first-order valence-corrected chi connectivity index (χ1v) is 2.72. The van der Waals surface area contributed by atoms with Gasteiger partial charge in [0.2, 0.25) is 0 Å². The molecule has 0 aromatic carbocycles. The molecule has 0 spiro atoms. The highest BCUT2D eigenvalue weighted by molar-refractivity contribution is 5.68. The summed E-state index contributed by atoms with van der Waals surface area (Å²) < 4.78 is 0. The smallest absolute Gasteiger partial charge is 0.0639 e. The van der Waals surface area contributed by atoms with E-state index < -0.39 is 0 Å². The van der Waals surface area contributed by atoms with E-state index in [0.29, 0.717) is 12.1 Å². The Kier molecular flexibility index (Phi) is 0.551. The van der Waals surface area contributed by atoms with Gasteiger partial charge in [-0.2, -0.15) is 0 Å². The molecule has 2 atom stereocenters. The van der Waals surface area contributed by atoms with E-state index in [1.807, 2.05) is 6.21 Å². The lowest BCUT2D eigenvalue weighted by Gasteiger charge is -2.00. The lowest BCUT2D eigenvalue weighted by atomic mass is 10.2. The fourth-order valence-electron chi connectivity index (χ4n) is 1.20. The van der Waals surface area contributed by atoms with Gasteiger partial charge < -0.3 is 5.32 Å². The topological polar surface area (TPSA) is 24.4 Å². The molecule has 0 aromatic rings. The minimum Gasteiger partial charge on any atom is -0.307 e. The molecule has 1 N–H and O–H groups in total. The molecule has 0 saturated carbocycles. The zero-order chi connectivity index (χ0) is 4.69. The molecule has 2 aliphatic heterocycles. The van der Waals surface area contributed by atoms with Crippen LogP contribution in [0.3, 0.4) is 0 Å². The number of nitrogens with zero attached hydrogens (tertiary/aromatic N) is 1. The molecule has 0 aromatic heterocycles. The first-order chi connectivity index (χ1) is 3.45. The number of nitrogens with one attached hydrogen (secondary N) is 1. The molecule has 2 rings (SSSR count). The second-order valence-electron chi connectivity index (χ2n) is 2.20. The molecule has 0 radical (unpaired) electrons. The standard InChI is InChI=1S/C5H8N2/c1-4-2-6-5(1)3-7-4/h2,4-5,7H,1,3H2/t4-,5-/m1/s1. The van der Waals surface area contributed by atoms with E-state index in [2.05, 4.69) is 10.3 Å². The van der Waals surface area contributed by atoms with E-state index in [-0.39, 0.29) is 0 Å². The zero-order valence-corrected chi connectivity index (χ0v) is 4.09. The number of fused-ring (bicyclic) bond motifs is 2. The molecule has 2 heterocycles. The van der Waals surface area contributed by atoms with Crippen LogP contribution in [0.25, 0.3) is 0 Å². The molecule has 1 fully saturated rings. The van der Waals surface area contributed by atoms with E-state index in [0.717, 1.165) is 6.54 Å². The molecule has 38 valence electrons. The fraction of sp³-hybridized carbons (Fsp3) is 0.800. The minimum absolute atomic E-state index is 0.630. The Labute approximate surface area is 42.6 Å². The van der Waals surface area contributed by atoms with Crippen molar-refractivity contribution in [3.05, 3.63) is 0 Å². The van der Waals surface area contributed by atoms with Gasteiger partial charge >= 0.3 is 0 Å². The van der Waals surface area contributed by atoms with Gasteiger partial charge in [-0.3, -0.25) is 4.99 Å². The summed E-state index contributed by atoms with van der Waals surface area (Å²) in [4.78, 5) is 4.22. The summed E-state index contributed by atoms with van der Waals surface area (Å²) in [5.74, 6) is 0. The van der Waals surface area contributed by atoms with Crippen LogP contribution in [-0.2, 0) is 0 Å². The summed E-state index contributed by atoms with van der Waals surface area (Å²) in [5.41, 5.74) is 0. The van der Waals surface area contributed by atoms with Crippen molar-refractivity contribution in [1.29, 1.82) is 0 Å². The zero-order valence-electron chi connectivity index (χ0n) is 4.09. The van der Waals surface area contributed by atoms with Crippen LogP contribution in [0.1, 0.15) is 6.42 Å². The maximum atomic E-state index is 4.22. The molecule has 2 heteroatoms. The Morgan fingerprint density at radius 3 is 2.86 bits per heavy atom. The number of hydrogen-bond donors (Lipinski definition) is 1. The number of rotatable bonds is 0. The van der Waals surface area contributed by atoms with Crippen molar-refractivity contribution in [3.63, 3.8) is 0 Å². The van der Waals surface area contributed by atoms with E-state index in [9.17, 15) is 0 Å². The largest absolute Gasteiger partial charge is 0.307 e. The highest BCUT2D eigenvalue weighted by Crippen LogP contribution is 2.14. The third kappa shape index (κ3) is 0.399. The van der Waals surface area contributed by atoms with Crippen molar-refractivity contribution in [2.75, 3.05) is 6.54 Å². The first kappa shape index (κ1) is 3.61. The lowest BCUT2D eigenvalue weighted by molar-refractivity contribution is 0.737. The van der Waals surface area contributed by atoms with Crippen molar-refractivity contribution in [2.45, 2.75) is 18.5 Å². The summed E-state index contributed by atoms with van der Waals surface area (Å²) >= 11 is 0. The summed E-state index contributed by atoms with van der Waals surface area (Å²) in [6, 6.07) is 1.26. The third-order valence-corrected chi connectivity index (χ3v) is 1.62. The van der Waals surface area contributed by atoms with Gasteiger partial charge in [-0.1, -0.05) is 0 Å². The van der Waals surface area contributed by atoms with Crippen molar-refractivity contribution < 1.29 is 0 Å². The fourth-order valence-corrected chi connectivity index (χ4v) is 1.20. The van der Waals surface area contributed by atoms with E-state index in [1.54, 1.807) is 0 Å². The highest BCUT2D eigenvalue weighted by Gasteiger charge is 2.26. The van der Waals surface area contributed by atoms with Gasteiger partial charge in [-0.15, -0.1) is 0 Å². The predicted octanol–water partition coefficient (Wildman–Crippen LogP) is -0.199. The van der Waals surface area contributed by atoms with Crippen LogP contribution in [0, 0.1) is 0 Å². The van der Waals surface area contributed by atoms with Crippen LogP contribution in [0.2, 0.25) is 0 Å². The molecule has 2 aliphatic rings. The highest BCUT2D eigenvalue weighted by atomic mass is 15.1. The Balaban J connectivity index is 2.27. The lowest BCUT2D eigenvalue weighted by Crippen LogP contribution is -2.25. The summed E-state index contributed by atoms with van der Waals surface area (Å²) in [7, 11) is 0. The van der Waals surface area contributed by atoms with Crippen LogP contribution < -0.4 is 5.32 Å². The second-order valence-corrected chi connectivity index (χ2v) is 2.20. The Morgan fingerprint density at radius 1 is 1.71 bits per heavy atom. The molecular formula is C5H8N2. The predicted molar refractivity (Wildman–Crippen MR) is 28.7 cm³/mol. The van der Waals surface area contributed by atoms with Crippen LogP contribution in [0.4, 0.5) is 0 Å². The van der Waals surface area contributed by atoms with Gasteiger partial charge in [0.15, 0.2) is 0 Å². The SMILES string of the molecule is C1=N[C@H]2CN[C@@H]1C2. The molecule has 0 unspecified atom stereocenters. The molecule has 2 bridgehead atoms. The second kappa shape index (κ2) is 1.07. The monoisotopic (exact) mass is 96.1 g/mol. The third-order valence-electron chi connectivity index (χ3n) is 1.62. The van der Waals surface area contributed by atoms with Gasteiger partial charge in [0, 0.05) is 18.8 Å². The summed E-state index contributed by atoms with van der Waals surface area (Å²) in [6.45, 7) is 1.11. The van der Waals surface area contributed by atoms with E-state index in [4.69, 9.17) is 0 Å². The summed E-state index contributed by atoms with van der Waals surface area (Å²) in [5, 5.41) is 3.31. The molecule has 2 nitrogen and oxygen atoms in total. The maximum absolute atomic E-state index is 4.22. The van der Waals surface area contributed by atoms with E-state index in [1.165, 1.54) is 6.42 Å². The van der Waals surface area contributed by atoms with Crippen LogP contribution >= 0.6 is 0 Å². The first-order valence-electron chi connectivity index (χ1n) is 2.72.